The van der Waals surface area contributed by atoms with Gasteiger partial charge < -0.3 is 14.2 Å². The van der Waals surface area contributed by atoms with Gasteiger partial charge in [0, 0.05) is 10.9 Å². The number of sulfonamides is 1. The van der Waals surface area contributed by atoms with Gasteiger partial charge in [-0.1, -0.05) is 42.5 Å². The first kappa shape index (κ1) is 23.3. The first-order valence-electron chi connectivity index (χ1n) is 10.0. The quantitative estimate of drug-likeness (QED) is 0.331. The number of para-hydroxylation sites is 2. The number of rotatable bonds is 9. The Morgan fingerprint density at radius 3 is 2.32 bits per heavy atom. The molecule has 0 saturated carbocycles. The van der Waals surface area contributed by atoms with Gasteiger partial charge in [0.15, 0.2) is 23.1 Å². The van der Waals surface area contributed by atoms with E-state index in [1.807, 2.05) is 35.0 Å². The van der Waals surface area contributed by atoms with Crippen LogP contribution in [0, 0.1) is 0 Å². The highest BCUT2D eigenvalue weighted by molar-refractivity contribution is 7.95. The van der Waals surface area contributed by atoms with Gasteiger partial charge in [0.2, 0.25) is 5.75 Å². The van der Waals surface area contributed by atoms with E-state index in [0.717, 1.165) is 11.0 Å². The van der Waals surface area contributed by atoms with Gasteiger partial charge in [-0.25, -0.2) is 13.4 Å². The molecule has 0 bridgehead atoms. The first-order valence-corrected chi connectivity index (χ1v) is 12.5. The van der Waals surface area contributed by atoms with E-state index in [1.54, 1.807) is 36.4 Å². The normalized spacial score (nSPS) is 11.4. The van der Waals surface area contributed by atoms with Crippen LogP contribution >= 0.6 is 11.3 Å². The number of nitrogens with one attached hydrogen (secondary N) is 1. The zero-order valence-electron chi connectivity index (χ0n) is 18.3. The number of nitrogens with zero attached hydrogens (tertiary/aromatic N) is 2. The molecule has 0 spiro atoms. The van der Waals surface area contributed by atoms with Crippen molar-refractivity contribution in [2.45, 2.75) is 0 Å². The Kier molecular flexibility index (Phi) is 7.09. The van der Waals surface area contributed by atoms with Crippen molar-refractivity contribution in [3.8, 4) is 34.5 Å². The minimum absolute atomic E-state index is 0.00247. The van der Waals surface area contributed by atoms with Gasteiger partial charge in [0.05, 0.1) is 19.6 Å². The molecular formula is C24H21N3O5S2. The van der Waals surface area contributed by atoms with Crippen LogP contribution in [0.2, 0.25) is 0 Å². The lowest BCUT2D eigenvalue weighted by Gasteiger charge is -2.16. The van der Waals surface area contributed by atoms with Gasteiger partial charge in [-0.3, -0.25) is 4.72 Å². The van der Waals surface area contributed by atoms with Crippen LogP contribution in [0.5, 0.6) is 23.1 Å². The number of hydrogen-bond acceptors (Lipinski definition) is 8. The van der Waals surface area contributed by atoms with Crippen molar-refractivity contribution >= 4 is 33.3 Å². The fourth-order valence-electron chi connectivity index (χ4n) is 2.96. The Hall–Kier alpha value is -3.89. The van der Waals surface area contributed by atoms with Crippen molar-refractivity contribution in [1.29, 1.82) is 0 Å². The predicted octanol–water partition coefficient (Wildman–Crippen LogP) is 5.43. The van der Waals surface area contributed by atoms with E-state index in [0.29, 0.717) is 17.1 Å². The Bertz CT molecular complexity index is 1390. The summed E-state index contributed by atoms with van der Waals surface area (Å²) >= 11 is 1.47. The highest BCUT2D eigenvalue weighted by atomic mass is 32.2. The number of anilines is 1. The average Bonchev–Trinajstić information content (AvgIpc) is 3.40. The van der Waals surface area contributed by atoms with Crippen molar-refractivity contribution < 1.29 is 22.6 Å². The lowest BCUT2D eigenvalue weighted by molar-refractivity contribution is 0.348. The van der Waals surface area contributed by atoms with Crippen LogP contribution in [0.3, 0.4) is 0 Å². The summed E-state index contributed by atoms with van der Waals surface area (Å²) in [6.07, 6.45) is 1.49. The summed E-state index contributed by atoms with van der Waals surface area (Å²) in [5.74, 6) is 1.07. The van der Waals surface area contributed by atoms with Gasteiger partial charge in [-0.15, -0.1) is 0 Å². The SMILES string of the molecule is COc1ccccc1Oc1c(NS(=O)(=O)C=Cc2ccccc2)nc(-c2ccsc2)nc1OC. The monoisotopic (exact) mass is 495 g/mol. The van der Waals surface area contributed by atoms with Crippen LogP contribution < -0.4 is 18.9 Å². The topological polar surface area (TPSA) is 99.6 Å². The fourth-order valence-corrected chi connectivity index (χ4v) is 4.41. The molecule has 1 N–H and O–H groups in total. The van der Waals surface area contributed by atoms with Crippen molar-refractivity contribution in [3.05, 3.63) is 82.4 Å². The van der Waals surface area contributed by atoms with E-state index >= 15 is 0 Å². The molecule has 0 fully saturated rings. The van der Waals surface area contributed by atoms with Gasteiger partial charge in [0.25, 0.3) is 15.9 Å². The minimum atomic E-state index is -3.96. The van der Waals surface area contributed by atoms with Crippen LogP contribution in [-0.2, 0) is 10.0 Å². The molecule has 0 aliphatic rings. The zero-order chi connectivity index (χ0) is 24.0. The standard InChI is InChI=1S/C24H21N3O5S2/c1-30-19-10-6-7-11-20(19)32-21-23(25-22(26-24(21)31-2)18-12-14-33-16-18)27-34(28,29)15-13-17-8-4-3-5-9-17/h3-16H,1-2H3,(H,25,26,27). The largest absolute Gasteiger partial charge is 0.493 e. The number of aromatic nitrogens is 2. The van der Waals surface area contributed by atoms with E-state index in [9.17, 15) is 8.42 Å². The molecule has 10 heteroatoms. The summed E-state index contributed by atoms with van der Waals surface area (Å²) in [6, 6.07) is 17.9. The molecule has 0 aliphatic carbocycles. The number of benzene rings is 2. The molecule has 0 unspecified atom stereocenters. The molecule has 174 valence electrons. The number of thiophene rings is 1. The summed E-state index contributed by atoms with van der Waals surface area (Å²) in [7, 11) is -1.03. The van der Waals surface area contributed by atoms with Crippen LogP contribution in [0.4, 0.5) is 5.82 Å². The van der Waals surface area contributed by atoms with Gasteiger partial charge >= 0.3 is 0 Å². The number of hydrogen-bond donors (Lipinski definition) is 1. The maximum Gasteiger partial charge on any atom is 0.263 e. The first-order chi connectivity index (χ1) is 16.5. The molecule has 2 heterocycles. The molecule has 0 radical (unpaired) electrons. The minimum Gasteiger partial charge on any atom is -0.493 e. The van der Waals surface area contributed by atoms with E-state index < -0.39 is 10.0 Å². The Morgan fingerprint density at radius 1 is 0.912 bits per heavy atom. The summed E-state index contributed by atoms with van der Waals surface area (Å²) in [5, 5.41) is 4.79. The molecule has 2 aromatic heterocycles. The molecule has 4 rings (SSSR count). The molecule has 2 aromatic carbocycles. The van der Waals surface area contributed by atoms with Gasteiger partial charge in [-0.2, -0.15) is 16.3 Å². The maximum atomic E-state index is 12.9. The molecule has 4 aromatic rings. The highest BCUT2D eigenvalue weighted by Crippen LogP contribution is 2.41. The third-order valence-electron chi connectivity index (χ3n) is 4.57. The molecule has 8 nitrogen and oxygen atoms in total. The Morgan fingerprint density at radius 2 is 1.65 bits per heavy atom. The predicted molar refractivity (Wildman–Crippen MR) is 133 cm³/mol. The average molecular weight is 496 g/mol. The number of methoxy groups -OCH3 is 2. The summed E-state index contributed by atoms with van der Waals surface area (Å²) < 4.78 is 45.1. The van der Waals surface area contributed by atoms with Crippen LogP contribution in [0.25, 0.3) is 17.5 Å². The van der Waals surface area contributed by atoms with Crippen molar-refractivity contribution in [3.63, 3.8) is 0 Å². The fraction of sp³-hybridized carbons (Fsp3) is 0.0833. The van der Waals surface area contributed by atoms with Gasteiger partial charge in [0.1, 0.15) is 0 Å². The summed E-state index contributed by atoms with van der Waals surface area (Å²) in [4.78, 5) is 8.87. The van der Waals surface area contributed by atoms with Gasteiger partial charge in [-0.05, 0) is 35.2 Å². The lowest BCUT2D eigenvalue weighted by atomic mass is 10.2. The lowest BCUT2D eigenvalue weighted by Crippen LogP contribution is -2.13. The van der Waals surface area contributed by atoms with E-state index in [2.05, 4.69) is 14.7 Å². The smallest absolute Gasteiger partial charge is 0.263 e. The van der Waals surface area contributed by atoms with E-state index in [-0.39, 0.29) is 23.3 Å². The zero-order valence-corrected chi connectivity index (χ0v) is 20.0. The molecular weight excluding hydrogens is 474 g/mol. The second-order valence-corrected chi connectivity index (χ2v) is 9.21. The second-order valence-electron chi connectivity index (χ2n) is 6.86. The van der Waals surface area contributed by atoms with E-state index in [4.69, 9.17) is 14.2 Å². The molecule has 0 atom stereocenters. The van der Waals surface area contributed by atoms with Crippen molar-refractivity contribution in [2.24, 2.45) is 0 Å². The third-order valence-corrected chi connectivity index (χ3v) is 6.22. The second kappa shape index (κ2) is 10.4. The Labute approximate surface area is 201 Å². The Balaban J connectivity index is 1.78. The molecule has 0 amide bonds. The van der Waals surface area contributed by atoms with E-state index in [1.165, 1.54) is 31.6 Å². The molecule has 0 saturated heterocycles. The molecule has 0 aliphatic heterocycles. The number of ether oxygens (including phenoxy) is 3. The third kappa shape index (κ3) is 5.53. The highest BCUT2D eigenvalue weighted by Gasteiger charge is 2.23. The van der Waals surface area contributed by atoms with Crippen molar-refractivity contribution in [2.75, 3.05) is 18.9 Å². The maximum absolute atomic E-state index is 12.9. The van der Waals surface area contributed by atoms with Crippen LogP contribution in [0.1, 0.15) is 5.56 Å². The van der Waals surface area contributed by atoms with Crippen LogP contribution in [-0.4, -0.2) is 32.6 Å². The molecule has 34 heavy (non-hydrogen) atoms. The summed E-state index contributed by atoms with van der Waals surface area (Å²) in [5.41, 5.74) is 1.45. The van der Waals surface area contributed by atoms with Crippen LogP contribution in [0.15, 0.2) is 76.8 Å². The van der Waals surface area contributed by atoms with Crippen molar-refractivity contribution in [1.82, 2.24) is 9.97 Å². The summed E-state index contributed by atoms with van der Waals surface area (Å²) in [6.45, 7) is 0.